The molecule has 9 heteroatoms. The van der Waals surface area contributed by atoms with E-state index in [1.54, 1.807) is 36.4 Å². The maximum Gasteiger partial charge on any atom is 0.257 e. The number of carbonyl (C=O) groups is 1. The standard InChI is InChI=1S/C25H31N3O4S2/c1-5-15-28(16-6-2)34(30,31)23-12-10-21(11-13-23)26-25(33)27-24(29)20-8-7-9-22(18-20)32-17-14-19(3)4/h5-13,18-19H,1-2,14-17H2,3-4H3,(H2,26,27,29,33). The topological polar surface area (TPSA) is 87.7 Å². The second kappa shape index (κ2) is 13.0. The lowest BCUT2D eigenvalue weighted by atomic mass is 10.1. The number of carbonyl (C=O) groups excluding carboxylic acids is 1. The zero-order valence-corrected chi connectivity index (χ0v) is 21.1. The van der Waals surface area contributed by atoms with Gasteiger partial charge in [0.05, 0.1) is 11.5 Å². The Kier molecular flexibility index (Phi) is 10.4. The zero-order chi connectivity index (χ0) is 25.1. The molecule has 182 valence electrons. The highest BCUT2D eigenvalue weighted by molar-refractivity contribution is 7.89. The molecular weight excluding hydrogens is 470 g/mol. The van der Waals surface area contributed by atoms with E-state index in [-0.39, 0.29) is 29.0 Å². The number of ether oxygens (including phenoxy) is 1. The van der Waals surface area contributed by atoms with E-state index in [0.29, 0.717) is 29.5 Å². The Balaban J connectivity index is 1.99. The predicted octanol–water partition coefficient (Wildman–Crippen LogP) is 4.60. The van der Waals surface area contributed by atoms with Crippen molar-refractivity contribution in [2.75, 3.05) is 25.0 Å². The molecule has 0 aliphatic carbocycles. The largest absolute Gasteiger partial charge is 0.494 e. The molecule has 0 saturated carbocycles. The molecule has 0 unspecified atom stereocenters. The molecule has 0 aliphatic heterocycles. The van der Waals surface area contributed by atoms with E-state index >= 15 is 0 Å². The number of amides is 1. The van der Waals surface area contributed by atoms with Crippen LogP contribution >= 0.6 is 12.2 Å². The van der Waals surface area contributed by atoms with Gasteiger partial charge in [0, 0.05) is 24.3 Å². The molecule has 2 N–H and O–H groups in total. The van der Waals surface area contributed by atoms with Gasteiger partial charge in [-0.05, 0) is 67.0 Å². The van der Waals surface area contributed by atoms with Crippen LogP contribution in [0.5, 0.6) is 5.75 Å². The molecule has 0 bridgehead atoms. The van der Waals surface area contributed by atoms with E-state index in [0.717, 1.165) is 6.42 Å². The first-order valence-corrected chi connectivity index (χ1v) is 12.7. The summed E-state index contributed by atoms with van der Waals surface area (Å²) in [5.41, 5.74) is 0.950. The molecule has 0 atom stereocenters. The van der Waals surface area contributed by atoms with Gasteiger partial charge in [0.25, 0.3) is 5.91 Å². The first-order chi connectivity index (χ1) is 16.2. The van der Waals surface area contributed by atoms with Gasteiger partial charge >= 0.3 is 0 Å². The van der Waals surface area contributed by atoms with Gasteiger partial charge in [-0.25, -0.2) is 8.42 Å². The average Bonchev–Trinajstić information content (AvgIpc) is 2.79. The van der Waals surface area contributed by atoms with Crippen LogP contribution in [-0.2, 0) is 10.0 Å². The van der Waals surface area contributed by atoms with Crippen LogP contribution in [0.3, 0.4) is 0 Å². The van der Waals surface area contributed by atoms with E-state index in [4.69, 9.17) is 17.0 Å². The minimum absolute atomic E-state index is 0.0895. The van der Waals surface area contributed by atoms with Gasteiger partial charge in [0.1, 0.15) is 5.75 Å². The van der Waals surface area contributed by atoms with Crippen molar-refractivity contribution in [1.82, 2.24) is 9.62 Å². The van der Waals surface area contributed by atoms with E-state index < -0.39 is 10.0 Å². The van der Waals surface area contributed by atoms with Crippen molar-refractivity contribution in [3.63, 3.8) is 0 Å². The highest BCUT2D eigenvalue weighted by Crippen LogP contribution is 2.19. The van der Waals surface area contributed by atoms with E-state index in [1.807, 2.05) is 0 Å². The number of anilines is 1. The molecule has 0 spiro atoms. The van der Waals surface area contributed by atoms with Crippen molar-refractivity contribution in [2.24, 2.45) is 5.92 Å². The second-order valence-electron chi connectivity index (χ2n) is 7.89. The van der Waals surface area contributed by atoms with Crippen LogP contribution in [0.15, 0.2) is 78.7 Å². The van der Waals surface area contributed by atoms with Gasteiger partial charge in [-0.15, -0.1) is 13.2 Å². The molecule has 2 aromatic rings. The molecule has 2 rings (SSSR count). The lowest BCUT2D eigenvalue weighted by molar-refractivity contribution is 0.0977. The number of thiocarbonyl (C=S) groups is 1. The third-order valence-corrected chi connectivity index (χ3v) is 6.75. The molecule has 1 amide bonds. The van der Waals surface area contributed by atoms with E-state index in [1.165, 1.54) is 28.6 Å². The number of benzene rings is 2. The lowest BCUT2D eigenvalue weighted by Crippen LogP contribution is -2.34. The number of hydrogen-bond acceptors (Lipinski definition) is 5. The summed E-state index contributed by atoms with van der Waals surface area (Å²) in [5, 5.41) is 5.60. The summed E-state index contributed by atoms with van der Waals surface area (Å²) in [4.78, 5) is 12.7. The van der Waals surface area contributed by atoms with Crippen LogP contribution in [0.25, 0.3) is 0 Å². The first-order valence-electron chi connectivity index (χ1n) is 10.8. The molecule has 0 aromatic heterocycles. The predicted molar refractivity (Wildman–Crippen MR) is 141 cm³/mol. The second-order valence-corrected chi connectivity index (χ2v) is 10.2. The normalized spacial score (nSPS) is 11.2. The summed E-state index contributed by atoms with van der Waals surface area (Å²) in [6.45, 7) is 12.4. The molecule has 34 heavy (non-hydrogen) atoms. The number of nitrogens with zero attached hydrogens (tertiary/aromatic N) is 1. The van der Waals surface area contributed by atoms with Crippen molar-refractivity contribution >= 4 is 38.9 Å². The van der Waals surface area contributed by atoms with E-state index in [9.17, 15) is 13.2 Å². The van der Waals surface area contributed by atoms with Crippen molar-refractivity contribution in [1.29, 1.82) is 0 Å². The monoisotopic (exact) mass is 501 g/mol. The first kappa shape index (κ1) is 27.2. The summed E-state index contributed by atoms with van der Waals surface area (Å²) in [6, 6.07) is 13.0. The fraction of sp³-hybridized carbons (Fsp3) is 0.280. The average molecular weight is 502 g/mol. The highest BCUT2D eigenvalue weighted by atomic mass is 32.2. The molecule has 0 saturated heterocycles. The van der Waals surface area contributed by atoms with Crippen LogP contribution in [-0.4, -0.2) is 43.4 Å². The quantitative estimate of drug-likeness (QED) is 0.326. The number of nitrogens with one attached hydrogen (secondary N) is 2. The molecule has 0 heterocycles. The SMILES string of the molecule is C=CCN(CC=C)S(=O)(=O)c1ccc(NC(=S)NC(=O)c2cccc(OCCC(C)C)c2)cc1. The summed E-state index contributed by atoms with van der Waals surface area (Å²) < 4.78 is 32.6. The van der Waals surface area contributed by atoms with Gasteiger partial charge in [-0.1, -0.05) is 32.1 Å². The van der Waals surface area contributed by atoms with Crippen LogP contribution < -0.4 is 15.4 Å². The van der Waals surface area contributed by atoms with Gasteiger partial charge in [0.2, 0.25) is 10.0 Å². The van der Waals surface area contributed by atoms with Crippen LogP contribution in [0, 0.1) is 5.92 Å². The van der Waals surface area contributed by atoms with Crippen molar-refractivity contribution in [3.8, 4) is 5.75 Å². The number of rotatable bonds is 12. The molecule has 0 aliphatic rings. The van der Waals surface area contributed by atoms with Crippen molar-refractivity contribution < 1.29 is 17.9 Å². The molecular formula is C25H31N3O4S2. The van der Waals surface area contributed by atoms with Crippen LogP contribution in [0.1, 0.15) is 30.6 Å². The molecule has 7 nitrogen and oxygen atoms in total. The smallest absolute Gasteiger partial charge is 0.257 e. The molecule has 0 fully saturated rings. The Morgan fingerprint density at radius 3 is 2.35 bits per heavy atom. The molecule has 2 aromatic carbocycles. The third-order valence-electron chi connectivity index (χ3n) is 4.70. The minimum atomic E-state index is -3.69. The Bertz CT molecular complexity index is 1100. The lowest BCUT2D eigenvalue weighted by Gasteiger charge is -2.19. The number of hydrogen-bond donors (Lipinski definition) is 2. The molecule has 0 radical (unpaired) electrons. The minimum Gasteiger partial charge on any atom is -0.494 e. The van der Waals surface area contributed by atoms with Crippen LogP contribution in [0.4, 0.5) is 5.69 Å². The van der Waals surface area contributed by atoms with Gasteiger partial charge in [-0.3, -0.25) is 10.1 Å². The highest BCUT2D eigenvalue weighted by Gasteiger charge is 2.22. The maximum absolute atomic E-state index is 12.8. The van der Waals surface area contributed by atoms with Crippen molar-refractivity contribution in [2.45, 2.75) is 25.2 Å². The van der Waals surface area contributed by atoms with Gasteiger partial charge in [-0.2, -0.15) is 4.31 Å². The number of sulfonamides is 1. The summed E-state index contributed by atoms with van der Waals surface area (Å²) in [5.74, 6) is 0.767. The van der Waals surface area contributed by atoms with Crippen LogP contribution in [0.2, 0.25) is 0 Å². The Morgan fingerprint density at radius 1 is 1.12 bits per heavy atom. The fourth-order valence-electron chi connectivity index (χ4n) is 2.90. The Morgan fingerprint density at radius 2 is 1.76 bits per heavy atom. The van der Waals surface area contributed by atoms with E-state index in [2.05, 4.69) is 37.6 Å². The summed E-state index contributed by atoms with van der Waals surface area (Å²) in [7, 11) is -3.69. The van der Waals surface area contributed by atoms with Gasteiger partial charge in [0.15, 0.2) is 5.11 Å². The summed E-state index contributed by atoms with van der Waals surface area (Å²) in [6.07, 6.45) is 3.96. The van der Waals surface area contributed by atoms with Crippen molar-refractivity contribution in [3.05, 3.63) is 79.4 Å². The van der Waals surface area contributed by atoms with Gasteiger partial charge < -0.3 is 10.1 Å². The zero-order valence-electron chi connectivity index (χ0n) is 19.5. The fourth-order valence-corrected chi connectivity index (χ4v) is 4.49. The Labute approximate surface area is 207 Å². The Hall–Kier alpha value is -3.01. The summed E-state index contributed by atoms with van der Waals surface area (Å²) >= 11 is 5.24. The third kappa shape index (κ3) is 8.09. The maximum atomic E-state index is 12.8.